The molecule has 4 aliphatic carbocycles. The molecule has 1 aromatic carbocycles. The van der Waals surface area contributed by atoms with Crippen molar-refractivity contribution in [2.75, 3.05) is 6.54 Å². The van der Waals surface area contributed by atoms with E-state index < -0.39 is 47.3 Å². The van der Waals surface area contributed by atoms with Gasteiger partial charge in [-0.3, -0.25) is 28.8 Å². The largest absolute Gasteiger partial charge is 0.347 e. The summed E-state index contributed by atoms with van der Waals surface area (Å²) in [6.45, 7) is 4.47. The molecule has 6 aliphatic rings. The molecule has 8 rings (SSSR count). The van der Waals surface area contributed by atoms with Crippen LogP contribution in [-0.4, -0.2) is 87.4 Å². The third-order valence-corrected chi connectivity index (χ3v) is 14.6. The van der Waals surface area contributed by atoms with Gasteiger partial charge in [-0.15, -0.1) is 11.3 Å². The lowest BCUT2D eigenvalue weighted by atomic mass is 9.66. The predicted molar refractivity (Wildman–Crippen MR) is 208 cm³/mol. The highest BCUT2D eigenvalue weighted by atomic mass is 32.1. The fourth-order valence-electron chi connectivity index (χ4n) is 10.4. The van der Waals surface area contributed by atoms with Crippen LogP contribution in [0.2, 0.25) is 0 Å². The summed E-state index contributed by atoms with van der Waals surface area (Å²) in [5.74, 6) is -2.48. The monoisotopic (exact) mass is 769 g/mol. The zero-order valence-corrected chi connectivity index (χ0v) is 32.9. The quantitative estimate of drug-likeness (QED) is 0.201. The van der Waals surface area contributed by atoms with Crippen LogP contribution >= 0.6 is 11.3 Å². The van der Waals surface area contributed by atoms with E-state index >= 15 is 4.79 Å². The maximum absolute atomic E-state index is 15.5. The van der Waals surface area contributed by atoms with Gasteiger partial charge >= 0.3 is 0 Å². The van der Waals surface area contributed by atoms with Crippen molar-refractivity contribution in [2.24, 2.45) is 23.7 Å². The maximum atomic E-state index is 15.5. The highest BCUT2D eigenvalue weighted by Gasteiger charge is 2.65. The van der Waals surface area contributed by atoms with Gasteiger partial charge in [-0.25, -0.2) is 0 Å². The highest BCUT2D eigenvalue weighted by molar-refractivity contribution is 7.12. The Hall–Kier alpha value is -4.06. The number of ketones is 1. The number of rotatable bonds is 13. The molecule has 1 unspecified atom stereocenters. The summed E-state index contributed by atoms with van der Waals surface area (Å²) in [7, 11) is 0. The van der Waals surface area contributed by atoms with Crippen molar-refractivity contribution in [3.8, 4) is 0 Å². The van der Waals surface area contributed by atoms with Crippen LogP contribution in [0.3, 0.4) is 0 Å². The minimum absolute atomic E-state index is 0.0173. The Morgan fingerprint density at radius 1 is 0.873 bits per heavy atom. The lowest BCUT2D eigenvalue weighted by Gasteiger charge is -2.62. The molecule has 0 radical (unpaired) electrons. The van der Waals surface area contributed by atoms with Crippen LogP contribution < -0.4 is 16.0 Å². The molecular formula is C43H55N5O6S. The second-order valence-corrected chi connectivity index (χ2v) is 18.5. The Labute approximate surface area is 327 Å². The summed E-state index contributed by atoms with van der Waals surface area (Å²) >= 11 is 1.33. The Morgan fingerprint density at radius 3 is 2.18 bits per heavy atom. The number of likely N-dealkylation sites (tertiary alicyclic amines) is 2. The van der Waals surface area contributed by atoms with Crippen molar-refractivity contribution in [1.29, 1.82) is 0 Å². The Balaban J connectivity index is 1.11. The van der Waals surface area contributed by atoms with E-state index in [4.69, 9.17) is 0 Å². The second-order valence-electron chi connectivity index (χ2n) is 17.5. The van der Waals surface area contributed by atoms with Crippen LogP contribution in [0.25, 0.3) is 0 Å². The van der Waals surface area contributed by atoms with E-state index in [0.717, 1.165) is 62.5 Å². The molecule has 1 aromatic heterocycles. The number of Topliss-reactive ketones (excluding diaryl/α,β-unsaturated/α-hetero) is 1. The number of nitrogens with one attached hydrogen (secondary N) is 3. The van der Waals surface area contributed by atoms with Gasteiger partial charge in [-0.05, 0) is 97.6 Å². The van der Waals surface area contributed by atoms with Gasteiger partial charge in [0.1, 0.15) is 18.1 Å². The average Bonchev–Trinajstić information content (AvgIpc) is 3.53. The number of thiophene rings is 1. The van der Waals surface area contributed by atoms with Crippen LogP contribution in [-0.2, 0) is 36.8 Å². The summed E-state index contributed by atoms with van der Waals surface area (Å²) in [6.07, 6.45) is 11.1. The number of carbonyl (C=O) groups excluding carboxylic acids is 6. The highest BCUT2D eigenvalue weighted by Crippen LogP contribution is 2.49. The van der Waals surface area contributed by atoms with Gasteiger partial charge in [0.05, 0.1) is 16.5 Å². The summed E-state index contributed by atoms with van der Waals surface area (Å²) < 4.78 is 0. The first-order valence-corrected chi connectivity index (χ1v) is 21.6. The van der Waals surface area contributed by atoms with Crippen molar-refractivity contribution in [3.05, 3.63) is 57.8 Å². The van der Waals surface area contributed by atoms with Gasteiger partial charge in [-0.1, -0.05) is 82.7 Å². The zero-order chi connectivity index (χ0) is 38.4. The van der Waals surface area contributed by atoms with Crippen molar-refractivity contribution in [1.82, 2.24) is 25.8 Å². The standard InChI is InChI=1S/C43H55N5O6S/c1-25(2)31-17-20-47(35(31)39(51)45-32(22-26-10-8-11-26)36(49)40(52)44-30-15-16-30)41(53)34(29-23-27-12-4-5-13-28(27)24-29)48-42(54)37(43(48)18-6-3-7-19-43)46-38(50)33-14-9-21-55-33/h4-5,9,12-14,21,25-26,29-32,34-35,37H,3,6-8,10-11,15-20,22-24H2,1-2H3,(H,44,52)(H,45,51)(H,46,50)/t31-,32?,34+,35+,37-/m1/s1. The summed E-state index contributed by atoms with van der Waals surface area (Å²) in [5.41, 5.74) is 1.62. The molecule has 1 spiro atoms. The van der Waals surface area contributed by atoms with Crippen molar-refractivity contribution < 1.29 is 28.8 Å². The van der Waals surface area contributed by atoms with Gasteiger partial charge in [0.2, 0.25) is 23.5 Å². The smallest absolute Gasteiger partial charge is 0.289 e. The van der Waals surface area contributed by atoms with Gasteiger partial charge in [0, 0.05) is 12.6 Å². The van der Waals surface area contributed by atoms with Gasteiger partial charge < -0.3 is 25.8 Å². The number of fused-ring (bicyclic) bond motifs is 1. The Bertz CT molecular complexity index is 1790. The molecule has 11 nitrogen and oxygen atoms in total. The molecule has 5 atom stereocenters. The van der Waals surface area contributed by atoms with E-state index in [-0.39, 0.29) is 47.4 Å². The molecule has 12 heteroatoms. The third-order valence-electron chi connectivity index (χ3n) is 13.7. The number of hydrogen-bond acceptors (Lipinski definition) is 7. The SMILES string of the molecule is CC(C)[C@H]1CCN(C(=O)[C@H](C2Cc3ccccc3C2)N2C(=O)[C@@H](NC(=O)c3cccs3)C23CCCCC3)[C@@H]1C(=O)NC(CC1CCC1)C(=O)C(=O)NC1CC1. The van der Waals surface area contributed by atoms with Crippen molar-refractivity contribution >= 4 is 46.7 Å². The average molecular weight is 770 g/mol. The van der Waals surface area contributed by atoms with Gasteiger partial charge in [0.25, 0.3) is 11.8 Å². The molecule has 2 aliphatic heterocycles. The zero-order valence-electron chi connectivity index (χ0n) is 32.1. The van der Waals surface area contributed by atoms with Crippen LogP contribution in [0.15, 0.2) is 41.8 Å². The van der Waals surface area contributed by atoms with Gasteiger partial charge in [0.15, 0.2) is 0 Å². The van der Waals surface area contributed by atoms with Gasteiger partial charge in [-0.2, -0.15) is 0 Å². The molecule has 55 heavy (non-hydrogen) atoms. The Morgan fingerprint density at radius 2 is 1.58 bits per heavy atom. The van der Waals surface area contributed by atoms with Crippen LogP contribution in [0, 0.1) is 23.7 Å². The van der Waals surface area contributed by atoms with E-state index in [1.54, 1.807) is 11.0 Å². The number of amides is 5. The molecule has 0 bridgehead atoms. The minimum atomic E-state index is -0.961. The maximum Gasteiger partial charge on any atom is 0.289 e. The molecule has 2 aromatic rings. The Kier molecular flexibility index (Phi) is 10.6. The van der Waals surface area contributed by atoms with Crippen LogP contribution in [0.5, 0.6) is 0 Å². The molecule has 5 fully saturated rings. The number of carbonyl (C=O) groups is 6. The molecular weight excluding hydrogens is 715 g/mol. The third kappa shape index (κ3) is 7.24. The minimum Gasteiger partial charge on any atom is -0.347 e. The first-order valence-electron chi connectivity index (χ1n) is 20.8. The van der Waals surface area contributed by atoms with Crippen LogP contribution in [0.4, 0.5) is 0 Å². The molecule has 294 valence electrons. The second kappa shape index (κ2) is 15.5. The fraction of sp³-hybridized carbons (Fsp3) is 0.628. The number of nitrogens with zero attached hydrogens (tertiary/aromatic N) is 2. The summed E-state index contributed by atoms with van der Waals surface area (Å²) in [6, 6.07) is 8.41. The fourth-order valence-corrected chi connectivity index (χ4v) is 11.0. The number of benzene rings is 1. The lowest BCUT2D eigenvalue weighted by molar-refractivity contribution is -0.183. The molecule has 3 N–H and O–H groups in total. The van der Waals surface area contributed by atoms with E-state index in [9.17, 15) is 24.0 Å². The van der Waals surface area contributed by atoms with E-state index in [1.165, 1.54) is 11.3 Å². The van der Waals surface area contributed by atoms with E-state index in [0.29, 0.717) is 49.9 Å². The molecule has 3 saturated carbocycles. The first kappa shape index (κ1) is 37.8. The van der Waals surface area contributed by atoms with Crippen LogP contribution in [0.1, 0.15) is 112 Å². The molecule has 3 heterocycles. The predicted octanol–water partition coefficient (Wildman–Crippen LogP) is 4.57. The number of hydrogen-bond donors (Lipinski definition) is 3. The molecule has 2 saturated heterocycles. The van der Waals surface area contributed by atoms with Crippen molar-refractivity contribution in [3.63, 3.8) is 0 Å². The van der Waals surface area contributed by atoms with E-state index in [2.05, 4.69) is 41.9 Å². The normalized spacial score (nSPS) is 25.9. The topological polar surface area (TPSA) is 145 Å². The van der Waals surface area contributed by atoms with E-state index in [1.807, 2.05) is 28.5 Å². The number of β-lactam (4-membered cyclic amide) rings is 1. The van der Waals surface area contributed by atoms with Crippen molar-refractivity contribution in [2.45, 2.75) is 139 Å². The summed E-state index contributed by atoms with van der Waals surface area (Å²) in [5, 5.41) is 10.8. The first-order chi connectivity index (χ1) is 26.6. The molecule has 5 amide bonds. The summed E-state index contributed by atoms with van der Waals surface area (Å²) in [4.78, 5) is 88.9. The lowest BCUT2D eigenvalue weighted by Crippen LogP contribution is -2.83.